The summed E-state index contributed by atoms with van der Waals surface area (Å²) in [5.41, 5.74) is 4.54. The molecule has 1 heterocycles. The van der Waals surface area contributed by atoms with E-state index in [1.54, 1.807) is 16.7 Å². The maximum atomic E-state index is 10.8. The van der Waals surface area contributed by atoms with E-state index in [-0.39, 0.29) is 12.7 Å². The Labute approximate surface area is 187 Å². The van der Waals surface area contributed by atoms with Gasteiger partial charge in [0.05, 0.1) is 11.1 Å². The first kappa shape index (κ1) is 22.9. The zero-order valence-electron chi connectivity index (χ0n) is 17.8. The monoisotopic (exact) mass is 456 g/mol. The highest BCUT2D eigenvalue weighted by Crippen LogP contribution is 2.32. The molecule has 4 rings (SSSR count). The minimum atomic E-state index is -1.21. The van der Waals surface area contributed by atoms with E-state index >= 15 is 0 Å². The lowest BCUT2D eigenvalue weighted by atomic mass is 10.2. The molecule has 1 N–H and O–H groups in total. The number of aromatic nitrogens is 2. The molecule has 0 saturated carbocycles. The molecule has 2 aliphatic carbocycles. The summed E-state index contributed by atoms with van der Waals surface area (Å²) in [6.07, 6.45) is 5.52. The number of benzene rings is 2. The minimum absolute atomic E-state index is 0.143. The van der Waals surface area contributed by atoms with Crippen LogP contribution in [0, 0.1) is 12.3 Å². The third-order valence-electron chi connectivity index (χ3n) is 4.59. The number of carboxylic acids is 1. The summed E-state index contributed by atoms with van der Waals surface area (Å²) in [5.74, 6) is 1.45. The summed E-state index contributed by atoms with van der Waals surface area (Å²) in [6.45, 7) is 7.09. The Morgan fingerprint density at radius 3 is 2.48 bits per heavy atom. The fourth-order valence-electron chi connectivity index (χ4n) is 2.85. The van der Waals surface area contributed by atoms with Gasteiger partial charge in [0, 0.05) is 19.7 Å². The molecule has 0 saturated heterocycles. The van der Waals surface area contributed by atoms with Crippen LogP contribution in [0.15, 0.2) is 36.4 Å². The van der Waals surface area contributed by atoms with Crippen molar-refractivity contribution in [3.63, 3.8) is 0 Å². The predicted octanol–water partition coefficient (Wildman–Crippen LogP) is 5.11. The number of imidazole rings is 1. The van der Waals surface area contributed by atoms with E-state index in [0.29, 0.717) is 28.2 Å². The second-order valence-corrected chi connectivity index (χ2v) is 14.5. The van der Waals surface area contributed by atoms with Gasteiger partial charge in [-0.2, -0.15) is 4.98 Å². The molecule has 0 atom stereocenters. The highest BCUT2D eigenvalue weighted by Gasteiger charge is 2.18. The molecule has 31 heavy (non-hydrogen) atoms. The van der Waals surface area contributed by atoms with E-state index in [9.17, 15) is 4.79 Å². The number of aliphatic carboxylic acids is 1. The van der Waals surface area contributed by atoms with Crippen molar-refractivity contribution in [2.75, 3.05) is 13.2 Å². The van der Waals surface area contributed by atoms with Crippen LogP contribution in [0.5, 0.6) is 6.01 Å². The van der Waals surface area contributed by atoms with Crippen LogP contribution in [-0.4, -0.2) is 41.9 Å². The maximum Gasteiger partial charge on any atom is 0.341 e. The summed E-state index contributed by atoms with van der Waals surface area (Å²) in [7, 11) is -1.21. The van der Waals surface area contributed by atoms with Crippen molar-refractivity contribution in [2.24, 2.45) is 0 Å². The highest BCUT2D eigenvalue weighted by atomic mass is 35.5. The average molecular weight is 457 g/mol. The van der Waals surface area contributed by atoms with Crippen LogP contribution in [0.3, 0.4) is 0 Å². The Morgan fingerprint density at radius 2 is 1.97 bits per heavy atom. The molecule has 0 fully saturated rings. The SMILES string of the molecule is C#Cc1cc(Cl)cc2c1nc(OCC(=O)O)n2COCC[Si](C)(C)C.c1cc2cc-2c1. The number of carbonyl (C=O) groups is 1. The maximum absolute atomic E-state index is 10.8. The van der Waals surface area contributed by atoms with Gasteiger partial charge in [-0.05, 0) is 35.4 Å². The van der Waals surface area contributed by atoms with Crippen molar-refractivity contribution in [3.05, 3.63) is 47.0 Å². The molecule has 1 aromatic heterocycles. The average Bonchev–Trinajstić information content (AvgIpc) is 3.13. The van der Waals surface area contributed by atoms with E-state index in [2.05, 4.69) is 54.8 Å². The van der Waals surface area contributed by atoms with Gasteiger partial charge in [0.25, 0.3) is 6.01 Å². The summed E-state index contributed by atoms with van der Waals surface area (Å²) >= 11 is 6.13. The lowest BCUT2D eigenvalue weighted by molar-refractivity contribution is -0.139. The number of hydrogen-bond acceptors (Lipinski definition) is 4. The van der Waals surface area contributed by atoms with Crippen molar-refractivity contribution in [2.45, 2.75) is 32.4 Å². The second-order valence-electron chi connectivity index (χ2n) is 8.40. The molecule has 0 bridgehead atoms. The van der Waals surface area contributed by atoms with Gasteiger partial charge in [0.15, 0.2) is 6.61 Å². The number of fused-ring (bicyclic) bond motifs is 2. The summed E-state index contributed by atoms with van der Waals surface area (Å²) in [5, 5.41) is 9.31. The summed E-state index contributed by atoms with van der Waals surface area (Å²) < 4.78 is 12.7. The van der Waals surface area contributed by atoms with Crippen molar-refractivity contribution in [3.8, 4) is 29.5 Å². The van der Waals surface area contributed by atoms with Crippen LogP contribution in [0.1, 0.15) is 5.56 Å². The molecular weight excluding hydrogens is 432 g/mol. The second kappa shape index (κ2) is 9.56. The molecular formula is C23H25ClN2O4Si. The van der Waals surface area contributed by atoms with Gasteiger partial charge < -0.3 is 14.6 Å². The van der Waals surface area contributed by atoms with Crippen LogP contribution in [0.2, 0.25) is 30.7 Å². The van der Waals surface area contributed by atoms with Crippen molar-refractivity contribution < 1.29 is 19.4 Å². The van der Waals surface area contributed by atoms with Crippen LogP contribution in [0.25, 0.3) is 22.2 Å². The van der Waals surface area contributed by atoms with E-state index in [1.165, 1.54) is 11.1 Å². The number of halogens is 1. The molecule has 0 aliphatic heterocycles. The Balaban J connectivity index is 0.000000381. The van der Waals surface area contributed by atoms with Crippen molar-refractivity contribution in [1.82, 2.24) is 9.55 Å². The Bertz CT molecular complexity index is 1130. The Kier molecular flexibility index (Phi) is 7.06. The lowest BCUT2D eigenvalue weighted by Gasteiger charge is -2.16. The van der Waals surface area contributed by atoms with Gasteiger partial charge >= 0.3 is 5.97 Å². The van der Waals surface area contributed by atoms with E-state index in [1.807, 2.05) is 0 Å². The molecule has 0 unspecified atom stereocenters. The van der Waals surface area contributed by atoms with E-state index < -0.39 is 20.7 Å². The summed E-state index contributed by atoms with van der Waals surface area (Å²) in [6, 6.07) is 13.0. The van der Waals surface area contributed by atoms with Gasteiger partial charge in [0.2, 0.25) is 0 Å². The van der Waals surface area contributed by atoms with Gasteiger partial charge in [0.1, 0.15) is 12.2 Å². The lowest BCUT2D eigenvalue weighted by Crippen LogP contribution is -2.22. The number of rotatable bonds is 8. The first-order chi connectivity index (χ1) is 14.7. The zero-order valence-corrected chi connectivity index (χ0v) is 19.6. The largest absolute Gasteiger partial charge is 0.479 e. The third-order valence-corrected chi connectivity index (χ3v) is 6.52. The highest BCUT2D eigenvalue weighted by molar-refractivity contribution is 6.76. The van der Waals surface area contributed by atoms with Gasteiger partial charge in [-0.15, -0.1) is 6.42 Å². The fourth-order valence-corrected chi connectivity index (χ4v) is 3.82. The standard InChI is InChI=1S/C17H21ClN2O4Si.C6H4/c1-5-12-8-13(18)9-14-16(12)19-17(24-10-15(21)22)20(14)11-23-6-7-25(2,3)4;1-2-5-4-6(5)3-1/h1,8-9H,6-7,10-11H2,2-4H3,(H,21,22);1-4H. The first-order valence-corrected chi connectivity index (χ1v) is 14.0. The Hall–Kier alpha value is -2.79. The van der Waals surface area contributed by atoms with Crippen LogP contribution in [-0.2, 0) is 16.3 Å². The van der Waals surface area contributed by atoms with Gasteiger partial charge in [-0.25, -0.2) is 4.79 Å². The van der Waals surface area contributed by atoms with Crippen LogP contribution >= 0.6 is 11.6 Å². The zero-order chi connectivity index (χ0) is 22.6. The molecule has 0 amide bonds. The van der Waals surface area contributed by atoms with E-state index in [0.717, 1.165) is 6.04 Å². The third kappa shape index (κ3) is 6.34. The Morgan fingerprint density at radius 1 is 1.26 bits per heavy atom. The van der Waals surface area contributed by atoms with Crippen LogP contribution < -0.4 is 4.74 Å². The van der Waals surface area contributed by atoms with Gasteiger partial charge in [-0.3, -0.25) is 4.57 Å². The number of terminal acetylenes is 1. The number of hydrogen-bond donors (Lipinski definition) is 1. The molecule has 2 aromatic rings. The normalized spacial score (nSPS) is 11.5. The number of ether oxygens (including phenoxy) is 2. The smallest absolute Gasteiger partial charge is 0.341 e. The fraction of sp³-hybridized carbons (Fsp3) is 0.304. The topological polar surface area (TPSA) is 73.6 Å². The molecule has 6 nitrogen and oxygen atoms in total. The molecule has 8 heteroatoms. The molecule has 0 radical (unpaired) electrons. The molecule has 162 valence electrons. The first-order valence-electron chi connectivity index (χ1n) is 9.87. The molecule has 1 aromatic carbocycles. The van der Waals surface area contributed by atoms with Crippen LogP contribution in [0.4, 0.5) is 0 Å². The van der Waals surface area contributed by atoms with E-state index in [4.69, 9.17) is 32.6 Å². The predicted molar refractivity (Wildman–Crippen MR) is 125 cm³/mol. The molecule has 0 spiro atoms. The summed E-state index contributed by atoms with van der Waals surface area (Å²) in [4.78, 5) is 15.1. The van der Waals surface area contributed by atoms with Gasteiger partial charge in [-0.1, -0.05) is 55.4 Å². The van der Waals surface area contributed by atoms with Crippen molar-refractivity contribution in [1.29, 1.82) is 0 Å². The number of nitrogens with zero attached hydrogens (tertiary/aromatic N) is 2. The number of carboxylic acid groups (broad SMARTS) is 1. The minimum Gasteiger partial charge on any atom is -0.479 e. The van der Waals surface area contributed by atoms with Crippen molar-refractivity contribution >= 4 is 36.7 Å². The molecule has 2 aliphatic rings. The quantitative estimate of drug-likeness (QED) is 0.226.